The van der Waals surface area contributed by atoms with Gasteiger partial charge in [0.2, 0.25) is 0 Å². The van der Waals surface area contributed by atoms with Gasteiger partial charge in [0.05, 0.1) is 12.6 Å². The number of carbonyl (C=O) groups is 1. The molecule has 6 nitrogen and oxygen atoms in total. The van der Waals surface area contributed by atoms with Gasteiger partial charge in [0.25, 0.3) is 0 Å². The molecule has 0 unspecified atom stereocenters. The number of nitrogens with zero attached hydrogens (tertiary/aromatic N) is 2. The molecule has 1 heterocycles. The van der Waals surface area contributed by atoms with Gasteiger partial charge in [-0.1, -0.05) is 0 Å². The summed E-state index contributed by atoms with van der Waals surface area (Å²) in [7, 11) is 1.68. The van der Waals surface area contributed by atoms with E-state index in [0.29, 0.717) is 11.7 Å². The highest BCUT2D eigenvalue weighted by molar-refractivity contribution is 5.70. The standard InChI is InChI=1S/C9H19N3O3/c1-15-7-6-11-4-2-8(3-5-11)12(14)9(10)13/h8,14H,2-7H2,1H3,(H2,10,13). The third-order valence-electron chi connectivity index (χ3n) is 2.74. The Bertz CT molecular complexity index is 205. The lowest BCUT2D eigenvalue weighted by atomic mass is 10.1. The van der Waals surface area contributed by atoms with Crippen molar-refractivity contribution in [1.29, 1.82) is 0 Å². The zero-order valence-electron chi connectivity index (χ0n) is 9.06. The van der Waals surface area contributed by atoms with Crippen molar-refractivity contribution in [2.75, 3.05) is 33.4 Å². The number of amides is 2. The molecule has 0 bridgehead atoms. The van der Waals surface area contributed by atoms with E-state index >= 15 is 0 Å². The van der Waals surface area contributed by atoms with Crippen LogP contribution in [0, 0.1) is 0 Å². The number of methoxy groups -OCH3 is 1. The molecule has 2 amide bonds. The van der Waals surface area contributed by atoms with Crippen LogP contribution in [0.5, 0.6) is 0 Å². The number of likely N-dealkylation sites (tertiary alicyclic amines) is 1. The average molecular weight is 217 g/mol. The first-order valence-electron chi connectivity index (χ1n) is 5.14. The summed E-state index contributed by atoms with van der Waals surface area (Å²) >= 11 is 0. The van der Waals surface area contributed by atoms with E-state index in [1.807, 2.05) is 0 Å². The van der Waals surface area contributed by atoms with Crippen LogP contribution in [0.15, 0.2) is 0 Å². The molecule has 1 saturated heterocycles. The fourth-order valence-electron chi connectivity index (χ4n) is 1.79. The lowest BCUT2D eigenvalue weighted by molar-refractivity contribution is -0.0901. The minimum absolute atomic E-state index is 0.138. The van der Waals surface area contributed by atoms with Gasteiger partial charge >= 0.3 is 6.03 Å². The molecule has 0 spiro atoms. The van der Waals surface area contributed by atoms with Crippen LogP contribution >= 0.6 is 0 Å². The van der Waals surface area contributed by atoms with E-state index in [4.69, 9.17) is 10.5 Å². The first kappa shape index (κ1) is 12.2. The van der Waals surface area contributed by atoms with Gasteiger partial charge in [-0.2, -0.15) is 0 Å². The quantitative estimate of drug-likeness (QED) is 0.508. The Morgan fingerprint density at radius 1 is 1.60 bits per heavy atom. The number of ether oxygens (including phenoxy) is 1. The fourth-order valence-corrected chi connectivity index (χ4v) is 1.79. The molecule has 15 heavy (non-hydrogen) atoms. The predicted molar refractivity (Wildman–Crippen MR) is 54.5 cm³/mol. The van der Waals surface area contributed by atoms with Crippen LogP contribution < -0.4 is 5.73 Å². The molecule has 0 aliphatic carbocycles. The first-order valence-corrected chi connectivity index (χ1v) is 5.14. The monoisotopic (exact) mass is 217 g/mol. The second-order valence-corrected chi connectivity index (χ2v) is 3.75. The van der Waals surface area contributed by atoms with Gasteiger partial charge in [0.15, 0.2) is 0 Å². The van der Waals surface area contributed by atoms with Crippen molar-refractivity contribution in [2.45, 2.75) is 18.9 Å². The van der Waals surface area contributed by atoms with Crippen LogP contribution in [0.2, 0.25) is 0 Å². The van der Waals surface area contributed by atoms with E-state index in [9.17, 15) is 10.0 Å². The third kappa shape index (κ3) is 3.65. The van der Waals surface area contributed by atoms with Crippen molar-refractivity contribution in [3.8, 4) is 0 Å². The molecule has 1 aliphatic heterocycles. The SMILES string of the molecule is COCCN1CCC(N(O)C(N)=O)CC1. The lowest BCUT2D eigenvalue weighted by Crippen LogP contribution is -2.48. The zero-order chi connectivity index (χ0) is 11.3. The predicted octanol–water partition coefficient (Wildman–Crippen LogP) is -0.133. The Labute approximate surface area is 89.5 Å². The summed E-state index contributed by atoms with van der Waals surface area (Å²) in [6, 6.07) is -0.911. The maximum absolute atomic E-state index is 10.7. The molecule has 0 saturated carbocycles. The molecular weight excluding hydrogens is 198 g/mol. The second-order valence-electron chi connectivity index (χ2n) is 3.75. The molecule has 0 aromatic heterocycles. The number of hydroxylamine groups is 2. The highest BCUT2D eigenvalue weighted by atomic mass is 16.5. The summed E-state index contributed by atoms with van der Waals surface area (Å²) < 4.78 is 4.98. The molecule has 0 aromatic rings. The number of nitrogens with two attached hydrogens (primary N) is 1. The molecule has 1 aliphatic rings. The molecule has 0 atom stereocenters. The Balaban J connectivity index is 2.26. The van der Waals surface area contributed by atoms with Gasteiger partial charge in [-0.25, -0.2) is 9.86 Å². The highest BCUT2D eigenvalue weighted by Gasteiger charge is 2.25. The van der Waals surface area contributed by atoms with Crippen LogP contribution in [0.25, 0.3) is 0 Å². The summed E-state index contributed by atoms with van der Waals surface area (Å²) in [6.07, 6.45) is 1.51. The van der Waals surface area contributed by atoms with E-state index < -0.39 is 6.03 Å². The molecule has 1 rings (SSSR count). The van der Waals surface area contributed by atoms with Crippen LogP contribution in [0.1, 0.15) is 12.8 Å². The second kappa shape index (κ2) is 5.89. The number of carbonyl (C=O) groups excluding carboxylic acids is 1. The number of urea groups is 1. The smallest absolute Gasteiger partial charge is 0.338 e. The summed E-state index contributed by atoms with van der Waals surface area (Å²) in [6.45, 7) is 3.32. The van der Waals surface area contributed by atoms with Crippen LogP contribution in [-0.2, 0) is 4.74 Å². The first-order chi connectivity index (χ1) is 7.15. The molecular formula is C9H19N3O3. The van der Waals surface area contributed by atoms with Gasteiger partial charge < -0.3 is 15.4 Å². The zero-order valence-corrected chi connectivity index (χ0v) is 9.06. The highest BCUT2D eigenvalue weighted by Crippen LogP contribution is 2.14. The Kier molecular flexibility index (Phi) is 4.80. The topological polar surface area (TPSA) is 79.0 Å². The number of piperidine rings is 1. The molecule has 88 valence electrons. The minimum Gasteiger partial charge on any atom is -0.383 e. The van der Waals surface area contributed by atoms with Gasteiger partial charge in [-0.3, -0.25) is 5.21 Å². The van der Waals surface area contributed by atoms with Gasteiger partial charge in [0, 0.05) is 26.7 Å². The maximum atomic E-state index is 10.7. The molecule has 3 N–H and O–H groups in total. The van der Waals surface area contributed by atoms with Gasteiger partial charge in [-0.05, 0) is 12.8 Å². The molecule has 0 radical (unpaired) electrons. The Morgan fingerprint density at radius 3 is 2.67 bits per heavy atom. The Hall–Kier alpha value is -0.850. The summed E-state index contributed by atoms with van der Waals surface area (Å²) in [5.41, 5.74) is 4.99. The third-order valence-corrected chi connectivity index (χ3v) is 2.74. The summed E-state index contributed by atoms with van der Waals surface area (Å²) in [5, 5.41) is 9.98. The van der Waals surface area contributed by atoms with Crippen molar-refractivity contribution >= 4 is 6.03 Å². The van der Waals surface area contributed by atoms with E-state index in [-0.39, 0.29) is 6.04 Å². The normalized spacial score (nSPS) is 19.1. The van der Waals surface area contributed by atoms with E-state index in [2.05, 4.69) is 4.90 Å². The van der Waals surface area contributed by atoms with E-state index in [0.717, 1.165) is 32.5 Å². The van der Waals surface area contributed by atoms with Crippen LogP contribution in [-0.4, -0.2) is 60.6 Å². The summed E-state index contributed by atoms with van der Waals surface area (Å²) in [4.78, 5) is 13.0. The number of primary amides is 1. The Morgan fingerprint density at radius 2 is 2.20 bits per heavy atom. The number of hydrogen-bond donors (Lipinski definition) is 2. The molecule has 6 heteroatoms. The van der Waals surface area contributed by atoms with Crippen molar-refractivity contribution in [2.24, 2.45) is 5.73 Å². The molecule has 1 fully saturated rings. The average Bonchev–Trinajstić information content (AvgIpc) is 2.26. The maximum Gasteiger partial charge on any atom is 0.338 e. The fraction of sp³-hybridized carbons (Fsp3) is 0.889. The van der Waals surface area contributed by atoms with Crippen molar-refractivity contribution in [3.05, 3.63) is 0 Å². The van der Waals surface area contributed by atoms with Crippen molar-refractivity contribution in [3.63, 3.8) is 0 Å². The number of hydrogen-bond acceptors (Lipinski definition) is 4. The lowest BCUT2D eigenvalue weighted by Gasteiger charge is -2.34. The van der Waals surface area contributed by atoms with E-state index in [1.54, 1.807) is 7.11 Å². The molecule has 0 aromatic carbocycles. The van der Waals surface area contributed by atoms with Crippen LogP contribution in [0.4, 0.5) is 4.79 Å². The van der Waals surface area contributed by atoms with Crippen molar-refractivity contribution in [1.82, 2.24) is 9.96 Å². The van der Waals surface area contributed by atoms with Gasteiger partial charge in [0.1, 0.15) is 0 Å². The van der Waals surface area contributed by atoms with E-state index in [1.165, 1.54) is 0 Å². The number of rotatable bonds is 4. The minimum atomic E-state index is -0.773. The van der Waals surface area contributed by atoms with Crippen molar-refractivity contribution < 1.29 is 14.7 Å². The largest absolute Gasteiger partial charge is 0.383 e. The van der Waals surface area contributed by atoms with Crippen LogP contribution in [0.3, 0.4) is 0 Å². The van der Waals surface area contributed by atoms with Gasteiger partial charge in [-0.15, -0.1) is 0 Å². The summed E-state index contributed by atoms with van der Waals surface area (Å²) in [5.74, 6) is 0.